The molecule has 1 saturated heterocycles. The average Bonchev–Trinajstić information content (AvgIpc) is 3.18. The second kappa shape index (κ2) is 10.8. The van der Waals surface area contributed by atoms with Gasteiger partial charge in [-0.1, -0.05) is 37.4 Å². The molecule has 1 heterocycles. The molecule has 2 aliphatic rings. The van der Waals surface area contributed by atoms with Crippen molar-refractivity contribution in [3.05, 3.63) is 0 Å². The van der Waals surface area contributed by atoms with E-state index in [-0.39, 0.29) is 22.8 Å². The number of hydrogen-bond donors (Lipinski definition) is 3. The second-order valence-corrected chi connectivity index (χ2v) is 9.24. The van der Waals surface area contributed by atoms with Crippen LogP contribution in [0.15, 0.2) is 0 Å². The molecule has 0 bridgehead atoms. The quantitative estimate of drug-likeness (QED) is 0.475. The smallest absolute Gasteiger partial charge is 0.243 e. The Morgan fingerprint density at radius 1 is 1.14 bits per heavy atom. The fourth-order valence-corrected chi connectivity index (χ4v) is 5.02. The van der Waals surface area contributed by atoms with Crippen LogP contribution < -0.4 is 16.4 Å². The van der Waals surface area contributed by atoms with Gasteiger partial charge in [-0.05, 0) is 44.4 Å². The Bertz CT molecular complexity index is 592. The van der Waals surface area contributed by atoms with E-state index in [9.17, 15) is 19.2 Å². The highest BCUT2D eigenvalue weighted by atomic mass is 32.2. The molecule has 2 atom stereocenters. The molecule has 1 aliphatic heterocycles. The van der Waals surface area contributed by atoms with Crippen LogP contribution in [0.3, 0.4) is 0 Å². The highest BCUT2D eigenvalue weighted by Gasteiger charge is 2.46. The number of unbranched alkanes of at least 4 members (excludes halogenated alkanes) is 2. The minimum atomic E-state index is -1.05. The number of carbonyl (C=O) groups is 4. The average molecular weight is 412 g/mol. The van der Waals surface area contributed by atoms with Gasteiger partial charge in [-0.15, -0.1) is 0 Å². The van der Waals surface area contributed by atoms with Gasteiger partial charge in [0.05, 0.1) is 0 Å². The Hall–Kier alpha value is -1.57. The Morgan fingerprint density at radius 3 is 2.46 bits per heavy atom. The lowest BCUT2D eigenvalue weighted by molar-refractivity contribution is -0.137. The van der Waals surface area contributed by atoms with Gasteiger partial charge in [0.1, 0.15) is 11.6 Å². The van der Waals surface area contributed by atoms with E-state index in [2.05, 4.69) is 10.6 Å². The molecule has 0 radical (unpaired) electrons. The first-order valence-electron chi connectivity index (χ1n) is 10.4. The number of amides is 3. The van der Waals surface area contributed by atoms with Crippen molar-refractivity contribution in [3.63, 3.8) is 0 Å². The Balaban J connectivity index is 2.02. The van der Waals surface area contributed by atoms with Crippen molar-refractivity contribution < 1.29 is 19.2 Å². The SMILES string of the molecule is CC(=O)SCCCCC[C@@](NC(=O)[C@@H]1CCCC(=O)N1)(C(N)=O)C1CCCC1. The van der Waals surface area contributed by atoms with Gasteiger partial charge in [0, 0.05) is 19.1 Å². The molecule has 28 heavy (non-hydrogen) atoms. The number of rotatable bonds is 10. The van der Waals surface area contributed by atoms with Crippen molar-refractivity contribution >= 4 is 34.6 Å². The molecular weight excluding hydrogens is 378 g/mol. The molecule has 1 saturated carbocycles. The molecule has 8 heteroatoms. The maximum absolute atomic E-state index is 12.9. The van der Waals surface area contributed by atoms with Crippen LogP contribution in [0.4, 0.5) is 0 Å². The number of thioether (sulfide) groups is 1. The molecule has 0 spiro atoms. The van der Waals surface area contributed by atoms with Crippen molar-refractivity contribution in [2.24, 2.45) is 11.7 Å². The molecule has 0 aromatic carbocycles. The predicted octanol–water partition coefficient (Wildman–Crippen LogP) is 2.03. The van der Waals surface area contributed by atoms with Gasteiger partial charge in [-0.3, -0.25) is 19.2 Å². The van der Waals surface area contributed by atoms with Crippen LogP contribution in [0, 0.1) is 5.92 Å². The highest BCUT2D eigenvalue weighted by molar-refractivity contribution is 8.13. The normalized spacial score (nSPS) is 22.3. The molecule has 3 amide bonds. The molecule has 4 N–H and O–H groups in total. The first-order valence-corrected chi connectivity index (χ1v) is 11.4. The highest BCUT2D eigenvalue weighted by Crippen LogP contribution is 2.37. The number of primary amides is 1. The Labute approximate surface area is 171 Å². The molecule has 0 unspecified atom stereocenters. The molecule has 158 valence electrons. The van der Waals surface area contributed by atoms with Crippen LogP contribution >= 0.6 is 11.8 Å². The van der Waals surface area contributed by atoms with E-state index >= 15 is 0 Å². The van der Waals surface area contributed by atoms with Crippen molar-refractivity contribution in [2.75, 3.05) is 5.75 Å². The summed E-state index contributed by atoms with van der Waals surface area (Å²) >= 11 is 1.31. The van der Waals surface area contributed by atoms with E-state index in [1.165, 1.54) is 11.8 Å². The van der Waals surface area contributed by atoms with Crippen molar-refractivity contribution in [1.29, 1.82) is 0 Å². The third kappa shape index (κ3) is 6.22. The first kappa shape index (κ1) is 22.7. The van der Waals surface area contributed by atoms with Gasteiger partial charge < -0.3 is 16.4 Å². The van der Waals surface area contributed by atoms with E-state index in [0.717, 1.165) is 50.7 Å². The maximum atomic E-state index is 12.9. The number of nitrogens with one attached hydrogen (secondary N) is 2. The third-order valence-corrected chi connectivity index (χ3v) is 6.81. The Morgan fingerprint density at radius 2 is 1.86 bits per heavy atom. The van der Waals surface area contributed by atoms with Crippen LogP contribution in [0.5, 0.6) is 0 Å². The van der Waals surface area contributed by atoms with Gasteiger partial charge >= 0.3 is 0 Å². The lowest BCUT2D eigenvalue weighted by Gasteiger charge is -2.39. The molecular formula is C20H33N3O4S. The van der Waals surface area contributed by atoms with Crippen LogP contribution in [0.1, 0.15) is 77.6 Å². The fraction of sp³-hybridized carbons (Fsp3) is 0.800. The molecule has 1 aliphatic carbocycles. The zero-order valence-corrected chi connectivity index (χ0v) is 17.6. The summed E-state index contributed by atoms with van der Waals surface area (Å²) in [7, 11) is 0. The largest absolute Gasteiger partial charge is 0.368 e. The number of piperidine rings is 1. The monoisotopic (exact) mass is 411 g/mol. The standard InChI is InChI=1S/C20H33N3O4S/c1-14(24)28-13-6-2-5-12-20(19(21)27,15-8-3-4-9-15)23-18(26)16-10-7-11-17(25)22-16/h15-16H,2-13H2,1H3,(H2,21,27)(H,22,25)(H,23,26)/t16-,20-/m0/s1. The number of hydrogen-bond acceptors (Lipinski definition) is 5. The van der Waals surface area contributed by atoms with E-state index in [1.807, 2.05) is 0 Å². The lowest BCUT2D eigenvalue weighted by atomic mass is 9.77. The predicted molar refractivity (Wildman–Crippen MR) is 109 cm³/mol. The summed E-state index contributed by atoms with van der Waals surface area (Å²) in [6.45, 7) is 1.56. The van der Waals surface area contributed by atoms with Gasteiger partial charge in [0.25, 0.3) is 0 Å². The van der Waals surface area contributed by atoms with Crippen LogP contribution in [0.2, 0.25) is 0 Å². The lowest BCUT2D eigenvalue weighted by Crippen LogP contribution is -2.64. The zero-order chi connectivity index (χ0) is 20.6. The van der Waals surface area contributed by atoms with Crippen LogP contribution in [0.25, 0.3) is 0 Å². The van der Waals surface area contributed by atoms with Gasteiger partial charge in [-0.2, -0.15) is 0 Å². The van der Waals surface area contributed by atoms with Crippen LogP contribution in [-0.2, 0) is 19.2 Å². The first-order chi connectivity index (χ1) is 13.3. The number of nitrogens with two attached hydrogens (primary N) is 1. The summed E-state index contributed by atoms with van der Waals surface area (Å²) in [5.41, 5.74) is 4.80. The van der Waals surface area contributed by atoms with E-state index in [1.54, 1.807) is 6.92 Å². The summed E-state index contributed by atoms with van der Waals surface area (Å²) < 4.78 is 0. The van der Waals surface area contributed by atoms with E-state index < -0.39 is 17.5 Å². The summed E-state index contributed by atoms with van der Waals surface area (Å²) in [5.74, 6) is -0.0957. The van der Waals surface area contributed by atoms with Gasteiger partial charge in [0.2, 0.25) is 17.7 Å². The van der Waals surface area contributed by atoms with Gasteiger partial charge in [0.15, 0.2) is 5.12 Å². The molecule has 2 fully saturated rings. The minimum absolute atomic E-state index is 0.0415. The summed E-state index contributed by atoms with van der Waals surface area (Å²) in [6.07, 6.45) is 8.53. The zero-order valence-electron chi connectivity index (χ0n) is 16.8. The van der Waals surface area contributed by atoms with Crippen molar-refractivity contribution in [2.45, 2.75) is 89.1 Å². The van der Waals surface area contributed by atoms with E-state index in [4.69, 9.17) is 5.73 Å². The summed E-state index contributed by atoms with van der Waals surface area (Å²) in [4.78, 5) is 48.1. The molecule has 0 aromatic rings. The topological polar surface area (TPSA) is 118 Å². The molecule has 2 rings (SSSR count). The number of carbonyl (C=O) groups excluding carboxylic acids is 4. The summed E-state index contributed by atoms with van der Waals surface area (Å²) in [6, 6.07) is -0.589. The minimum Gasteiger partial charge on any atom is -0.368 e. The Kier molecular flexibility index (Phi) is 8.79. The third-order valence-electron chi connectivity index (χ3n) is 5.91. The van der Waals surface area contributed by atoms with Crippen molar-refractivity contribution in [3.8, 4) is 0 Å². The summed E-state index contributed by atoms with van der Waals surface area (Å²) in [5, 5.41) is 5.82. The van der Waals surface area contributed by atoms with Gasteiger partial charge in [-0.25, -0.2) is 0 Å². The molecule has 0 aromatic heterocycles. The van der Waals surface area contributed by atoms with Crippen molar-refractivity contribution in [1.82, 2.24) is 10.6 Å². The molecule has 7 nitrogen and oxygen atoms in total. The fourth-order valence-electron chi connectivity index (χ4n) is 4.38. The maximum Gasteiger partial charge on any atom is 0.243 e. The van der Waals surface area contributed by atoms with Crippen LogP contribution in [-0.4, -0.2) is 40.2 Å². The van der Waals surface area contributed by atoms with E-state index in [0.29, 0.717) is 25.7 Å². The second-order valence-electron chi connectivity index (χ2n) is 7.97.